The van der Waals surface area contributed by atoms with Crippen LogP contribution in [0.2, 0.25) is 0 Å². The summed E-state index contributed by atoms with van der Waals surface area (Å²) >= 11 is 2.81. The number of thioether (sulfide) groups is 1. The van der Waals surface area contributed by atoms with E-state index in [1.165, 1.54) is 34.4 Å². The van der Waals surface area contributed by atoms with Crippen LogP contribution in [0.1, 0.15) is 24.0 Å². The average Bonchev–Trinajstić information content (AvgIpc) is 3.48. The van der Waals surface area contributed by atoms with Crippen LogP contribution in [0.25, 0.3) is 11.3 Å². The zero-order valence-corrected chi connectivity index (χ0v) is 19.3. The Morgan fingerprint density at radius 3 is 2.71 bits per heavy atom. The summed E-state index contributed by atoms with van der Waals surface area (Å²) in [7, 11) is 2.02. The number of rotatable bonds is 8. The third-order valence-corrected chi connectivity index (χ3v) is 6.65. The van der Waals surface area contributed by atoms with E-state index in [2.05, 4.69) is 61.7 Å². The summed E-state index contributed by atoms with van der Waals surface area (Å²) in [6.07, 6.45) is 2.73. The molecule has 9 heteroatoms. The van der Waals surface area contributed by atoms with Crippen LogP contribution in [0.4, 0.5) is 5.13 Å². The summed E-state index contributed by atoms with van der Waals surface area (Å²) in [5.74, 6) is 1.04. The molecular weight excluding hydrogens is 428 g/mol. The molecule has 4 aromatic rings. The largest absolute Gasteiger partial charge is 0.354 e. The summed E-state index contributed by atoms with van der Waals surface area (Å²) in [4.78, 5) is 17.0. The number of nitrogens with one attached hydrogen (secondary N) is 1. The number of aromatic nitrogens is 5. The maximum Gasteiger partial charge on any atom is 0.236 e. The number of benzene rings is 1. The minimum Gasteiger partial charge on any atom is -0.354 e. The molecule has 1 aromatic carbocycles. The van der Waals surface area contributed by atoms with Gasteiger partial charge < -0.3 is 14.5 Å². The van der Waals surface area contributed by atoms with Crippen LogP contribution in [0, 0.1) is 6.92 Å². The van der Waals surface area contributed by atoms with Gasteiger partial charge in [-0.2, -0.15) is 0 Å². The average molecular weight is 453 g/mol. The lowest BCUT2D eigenvalue weighted by molar-refractivity contribution is -0.113. The van der Waals surface area contributed by atoms with Gasteiger partial charge in [-0.25, -0.2) is 4.98 Å². The Labute approximate surface area is 189 Å². The van der Waals surface area contributed by atoms with Crippen molar-refractivity contribution in [2.75, 3.05) is 11.1 Å². The summed E-state index contributed by atoms with van der Waals surface area (Å²) in [5.41, 5.74) is 4.28. The van der Waals surface area contributed by atoms with E-state index in [0.29, 0.717) is 11.6 Å². The number of nitrogens with zero attached hydrogens (tertiary/aromatic N) is 5. The van der Waals surface area contributed by atoms with Crippen molar-refractivity contribution in [2.45, 2.75) is 32.0 Å². The van der Waals surface area contributed by atoms with Crippen LogP contribution in [-0.4, -0.2) is 36.0 Å². The van der Waals surface area contributed by atoms with E-state index in [1.807, 2.05) is 36.8 Å². The van der Waals surface area contributed by atoms with E-state index >= 15 is 0 Å². The molecule has 0 unspecified atom stereocenters. The van der Waals surface area contributed by atoms with E-state index in [4.69, 9.17) is 0 Å². The fourth-order valence-corrected chi connectivity index (χ4v) is 4.75. The Hall–Kier alpha value is -2.91. The van der Waals surface area contributed by atoms with E-state index < -0.39 is 0 Å². The summed E-state index contributed by atoms with van der Waals surface area (Å²) in [6, 6.07) is 12.3. The van der Waals surface area contributed by atoms with Gasteiger partial charge >= 0.3 is 0 Å². The van der Waals surface area contributed by atoms with Gasteiger partial charge in [-0.3, -0.25) is 4.79 Å². The van der Waals surface area contributed by atoms with Crippen molar-refractivity contribution in [3.63, 3.8) is 0 Å². The third-order valence-electron chi connectivity index (χ3n) is 4.93. The number of thiazole rings is 1. The van der Waals surface area contributed by atoms with Crippen LogP contribution < -0.4 is 5.32 Å². The molecule has 0 saturated carbocycles. The van der Waals surface area contributed by atoms with Gasteiger partial charge in [-0.05, 0) is 26.0 Å². The normalized spacial score (nSPS) is 11.1. The lowest BCUT2D eigenvalue weighted by Crippen LogP contribution is -2.14. The van der Waals surface area contributed by atoms with Crippen molar-refractivity contribution in [1.29, 1.82) is 0 Å². The fourth-order valence-electron chi connectivity index (χ4n) is 3.19. The van der Waals surface area contributed by atoms with Gasteiger partial charge in [0, 0.05) is 42.8 Å². The summed E-state index contributed by atoms with van der Waals surface area (Å²) in [5, 5.41) is 14.8. The minimum atomic E-state index is -0.107. The zero-order valence-electron chi connectivity index (χ0n) is 17.7. The molecule has 1 amide bonds. The molecule has 7 nitrogen and oxygen atoms in total. The van der Waals surface area contributed by atoms with Crippen molar-refractivity contribution < 1.29 is 4.79 Å². The maximum atomic E-state index is 12.5. The standard InChI is InChI=1S/C22H24N6OS2/c1-4-28-19(12-17-6-5-11-27(17)3)25-26-22(28)31-14-20(29)24-21-23-18(13-30-21)16-9-7-15(2)8-10-16/h5-11,13H,4,12,14H2,1-3H3,(H,23,24,29). The van der Waals surface area contributed by atoms with Crippen LogP contribution in [-0.2, 0) is 24.8 Å². The third kappa shape index (κ3) is 5.05. The highest BCUT2D eigenvalue weighted by Crippen LogP contribution is 2.26. The molecule has 0 aliphatic heterocycles. The predicted molar refractivity (Wildman–Crippen MR) is 126 cm³/mol. The molecule has 0 bridgehead atoms. The zero-order chi connectivity index (χ0) is 21.8. The quantitative estimate of drug-likeness (QED) is 0.401. The molecule has 31 heavy (non-hydrogen) atoms. The molecule has 1 N–H and O–H groups in total. The second-order valence-corrected chi connectivity index (χ2v) is 8.97. The molecule has 3 heterocycles. The number of hydrogen-bond acceptors (Lipinski definition) is 6. The first-order valence-corrected chi connectivity index (χ1v) is 11.9. The van der Waals surface area contributed by atoms with Gasteiger partial charge in [0.1, 0.15) is 5.82 Å². The van der Waals surface area contributed by atoms with Crippen LogP contribution in [0.3, 0.4) is 0 Å². The SMILES string of the molecule is CCn1c(Cc2cccn2C)nnc1SCC(=O)Nc1nc(-c2ccc(C)cc2)cs1. The summed E-state index contributed by atoms with van der Waals surface area (Å²) in [6.45, 7) is 4.87. The maximum absolute atomic E-state index is 12.5. The van der Waals surface area contributed by atoms with E-state index in [9.17, 15) is 4.79 Å². The Kier molecular flexibility index (Phi) is 6.53. The molecule has 0 aliphatic rings. The highest BCUT2D eigenvalue weighted by molar-refractivity contribution is 7.99. The molecule has 0 atom stereocenters. The van der Waals surface area contributed by atoms with Crippen LogP contribution in [0.5, 0.6) is 0 Å². The first-order chi connectivity index (χ1) is 15.0. The molecule has 3 aromatic heterocycles. The highest BCUT2D eigenvalue weighted by atomic mass is 32.2. The highest BCUT2D eigenvalue weighted by Gasteiger charge is 2.15. The lowest BCUT2D eigenvalue weighted by Gasteiger charge is -2.08. The van der Waals surface area contributed by atoms with Crippen LogP contribution >= 0.6 is 23.1 Å². The van der Waals surface area contributed by atoms with Crippen molar-refractivity contribution >= 4 is 34.1 Å². The van der Waals surface area contributed by atoms with E-state index in [1.54, 1.807) is 0 Å². The van der Waals surface area contributed by atoms with Gasteiger partial charge in [0.25, 0.3) is 0 Å². The van der Waals surface area contributed by atoms with Crippen molar-refractivity contribution in [3.05, 3.63) is 65.1 Å². The van der Waals surface area contributed by atoms with E-state index in [-0.39, 0.29) is 11.7 Å². The number of carbonyl (C=O) groups is 1. The number of hydrogen-bond donors (Lipinski definition) is 1. The molecule has 160 valence electrons. The number of aryl methyl sites for hydroxylation is 2. The van der Waals surface area contributed by atoms with Gasteiger partial charge in [0.2, 0.25) is 5.91 Å². The summed E-state index contributed by atoms with van der Waals surface area (Å²) < 4.78 is 4.14. The molecule has 0 aliphatic carbocycles. The van der Waals surface area contributed by atoms with Crippen LogP contribution in [0.15, 0.2) is 53.1 Å². The molecular formula is C22H24N6OS2. The molecule has 0 spiro atoms. The van der Waals surface area contributed by atoms with Gasteiger partial charge in [-0.15, -0.1) is 21.5 Å². The first kappa shape index (κ1) is 21.3. The Bertz CT molecular complexity index is 1180. The molecule has 0 fully saturated rings. The first-order valence-electron chi connectivity index (χ1n) is 10.0. The second kappa shape index (κ2) is 9.49. The van der Waals surface area contributed by atoms with Crippen molar-refractivity contribution in [2.24, 2.45) is 7.05 Å². The number of carbonyl (C=O) groups excluding carboxylic acids is 1. The van der Waals surface area contributed by atoms with Crippen molar-refractivity contribution in [1.82, 2.24) is 24.3 Å². The molecule has 0 saturated heterocycles. The smallest absolute Gasteiger partial charge is 0.236 e. The Balaban J connectivity index is 1.36. The monoisotopic (exact) mass is 452 g/mol. The minimum absolute atomic E-state index is 0.107. The Morgan fingerprint density at radius 1 is 1.19 bits per heavy atom. The van der Waals surface area contributed by atoms with Gasteiger partial charge in [0.15, 0.2) is 10.3 Å². The topological polar surface area (TPSA) is 77.6 Å². The number of anilines is 1. The number of amides is 1. The molecule has 4 rings (SSSR count). The second-order valence-electron chi connectivity index (χ2n) is 7.17. The lowest BCUT2D eigenvalue weighted by atomic mass is 10.1. The molecule has 0 radical (unpaired) electrons. The van der Waals surface area contributed by atoms with E-state index in [0.717, 1.165) is 28.8 Å². The fraction of sp³-hybridized carbons (Fsp3) is 0.273. The van der Waals surface area contributed by atoms with Crippen molar-refractivity contribution in [3.8, 4) is 11.3 Å². The predicted octanol–water partition coefficient (Wildman–Crippen LogP) is 4.39. The Morgan fingerprint density at radius 2 is 2.00 bits per heavy atom. The van der Waals surface area contributed by atoms with Gasteiger partial charge in [-0.1, -0.05) is 41.6 Å². The van der Waals surface area contributed by atoms with Gasteiger partial charge in [0.05, 0.1) is 11.4 Å².